The molecule has 0 saturated heterocycles. The van der Waals surface area contributed by atoms with Crippen molar-refractivity contribution in [2.75, 3.05) is 0 Å². The SMILES string of the molecule is c1ccc(-c2cc(-c3ccccc3-n3c4ccccc4c4nc5ccccn5c43)cc(-c3ccccc3)n2)cc1. The Morgan fingerprint density at radius 1 is 0.500 bits per heavy atom. The van der Waals surface area contributed by atoms with Crippen molar-refractivity contribution >= 4 is 27.7 Å². The summed E-state index contributed by atoms with van der Waals surface area (Å²) >= 11 is 0. The molecule has 0 unspecified atom stereocenters. The molecule has 4 aromatic heterocycles. The monoisotopic (exact) mass is 512 g/mol. The van der Waals surface area contributed by atoms with Gasteiger partial charge in [-0.05, 0) is 42.0 Å². The molecular weight excluding hydrogens is 488 g/mol. The molecule has 4 heteroatoms. The van der Waals surface area contributed by atoms with Gasteiger partial charge < -0.3 is 0 Å². The van der Waals surface area contributed by atoms with Crippen molar-refractivity contribution < 1.29 is 0 Å². The van der Waals surface area contributed by atoms with Crippen LogP contribution in [-0.2, 0) is 0 Å². The van der Waals surface area contributed by atoms with E-state index in [9.17, 15) is 0 Å². The molecule has 0 aliphatic carbocycles. The van der Waals surface area contributed by atoms with Gasteiger partial charge in [-0.25, -0.2) is 9.97 Å². The fourth-order valence-corrected chi connectivity index (χ4v) is 5.72. The zero-order valence-corrected chi connectivity index (χ0v) is 21.6. The molecule has 0 bridgehead atoms. The third-order valence-corrected chi connectivity index (χ3v) is 7.54. The van der Waals surface area contributed by atoms with Crippen molar-refractivity contribution in [1.29, 1.82) is 0 Å². The van der Waals surface area contributed by atoms with Gasteiger partial charge in [-0.15, -0.1) is 0 Å². The second-order valence-corrected chi connectivity index (χ2v) is 9.94. The van der Waals surface area contributed by atoms with Crippen LogP contribution in [0.2, 0.25) is 0 Å². The maximum atomic E-state index is 5.10. The molecule has 0 spiro atoms. The Morgan fingerprint density at radius 3 is 1.88 bits per heavy atom. The van der Waals surface area contributed by atoms with Gasteiger partial charge in [0.2, 0.25) is 0 Å². The second kappa shape index (κ2) is 9.07. The summed E-state index contributed by atoms with van der Waals surface area (Å²) in [6.07, 6.45) is 2.09. The topological polar surface area (TPSA) is 35.1 Å². The first kappa shape index (κ1) is 22.5. The summed E-state index contributed by atoms with van der Waals surface area (Å²) < 4.78 is 4.54. The van der Waals surface area contributed by atoms with Gasteiger partial charge in [-0.3, -0.25) is 8.97 Å². The van der Waals surface area contributed by atoms with Crippen molar-refractivity contribution in [1.82, 2.24) is 18.9 Å². The van der Waals surface area contributed by atoms with Crippen LogP contribution in [0.4, 0.5) is 0 Å². The fraction of sp³-hybridized carbons (Fsp3) is 0. The lowest BCUT2D eigenvalue weighted by molar-refractivity contribution is 1.10. The van der Waals surface area contributed by atoms with E-state index >= 15 is 0 Å². The maximum Gasteiger partial charge on any atom is 0.150 e. The molecule has 0 amide bonds. The minimum atomic E-state index is 0.936. The van der Waals surface area contributed by atoms with Crippen LogP contribution in [0.15, 0.2) is 146 Å². The van der Waals surface area contributed by atoms with Crippen LogP contribution < -0.4 is 0 Å². The van der Waals surface area contributed by atoms with E-state index in [1.165, 1.54) is 0 Å². The Balaban J connectivity index is 1.44. The van der Waals surface area contributed by atoms with E-state index in [2.05, 4.69) is 136 Å². The molecule has 0 saturated carbocycles. The average molecular weight is 513 g/mol. The van der Waals surface area contributed by atoms with Crippen molar-refractivity contribution in [2.45, 2.75) is 0 Å². The first-order valence-corrected chi connectivity index (χ1v) is 13.4. The van der Waals surface area contributed by atoms with Crippen molar-refractivity contribution in [3.63, 3.8) is 0 Å². The van der Waals surface area contributed by atoms with E-state index in [0.717, 1.165) is 67.0 Å². The Bertz CT molecular complexity index is 2090. The van der Waals surface area contributed by atoms with Crippen LogP contribution in [-0.4, -0.2) is 18.9 Å². The molecule has 0 fully saturated rings. The molecular formula is C36H24N4. The van der Waals surface area contributed by atoms with Gasteiger partial charge in [0.05, 0.1) is 22.6 Å². The number of hydrogen-bond donors (Lipinski definition) is 0. The highest BCUT2D eigenvalue weighted by Crippen LogP contribution is 2.38. The van der Waals surface area contributed by atoms with Crippen LogP contribution in [0.3, 0.4) is 0 Å². The highest BCUT2D eigenvalue weighted by Gasteiger charge is 2.20. The number of hydrogen-bond acceptors (Lipinski definition) is 2. The summed E-state index contributed by atoms with van der Waals surface area (Å²) in [4.78, 5) is 10.1. The minimum absolute atomic E-state index is 0.936. The van der Waals surface area contributed by atoms with E-state index in [4.69, 9.17) is 9.97 Å². The molecule has 4 aromatic carbocycles. The molecule has 0 aliphatic heterocycles. The molecule has 188 valence electrons. The van der Waals surface area contributed by atoms with Crippen LogP contribution in [0.25, 0.3) is 67.0 Å². The number of rotatable bonds is 4. The summed E-state index contributed by atoms with van der Waals surface area (Å²) in [5.41, 5.74) is 11.6. The third-order valence-electron chi connectivity index (χ3n) is 7.54. The summed E-state index contributed by atoms with van der Waals surface area (Å²) in [5.74, 6) is 0. The molecule has 40 heavy (non-hydrogen) atoms. The largest absolute Gasteiger partial charge is 0.293 e. The zero-order valence-electron chi connectivity index (χ0n) is 21.6. The molecule has 0 radical (unpaired) electrons. The quantitative estimate of drug-likeness (QED) is 0.236. The van der Waals surface area contributed by atoms with Gasteiger partial charge in [-0.1, -0.05) is 103 Å². The number of imidazole rings is 1. The van der Waals surface area contributed by atoms with E-state index in [1.54, 1.807) is 0 Å². The lowest BCUT2D eigenvalue weighted by Crippen LogP contribution is -2.00. The Morgan fingerprint density at radius 2 is 1.12 bits per heavy atom. The molecule has 0 aliphatic rings. The Kier molecular flexibility index (Phi) is 5.10. The van der Waals surface area contributed by atoms with Gasteiger partial charge in [0.15, 0.2) is 5.65 Å². The number of benzene rings is 4. The average Bonchev–Trinajstić information content (AvgIpc) is 3.56. The normalized spacial score (nSPS) is 11.5. The number of nitrogens with zero attached hydrogens (tertiary/aromatic N) is 4. The second-order valence-electron chi connectivity index (χ2n) is 9.94. The molecule has 0 N–H and O–H groups in total. The predicted molar refractivity (Wildman–Crippen MR) is 164 cm³/mol. The molecule has 0 atom stereocenters. The fourth-order valence-electron chi connectivity index (χ4n) is 5.72. The highest BCUT2D eigenvalue weighted by molar-refractivity contribution is 6.08. The Hall–Kier alpha value is -5.48. The lowest BCUT2D eigenvalue weighted by Gasteiger charge is -2.16. The van der Waals surface area contributed by atoms with Crippen molar-refractivity contribution in [2.24, 2.45) is 0 Å². The smallest absolute Gasteiger partial charge is 0.150 e. The number of aromatic nitrogens is 4. The van der Waals surface area contributed by atoms with E-state index in [0.29, 0.717) is 0 Å². The molecule has 8 rings (SSSR count). The predicted octanol–water partition coefficient (Wildman–Crippen LogP) is 8.83. The van der Waals surface area contributed by atoms with Crippen LogP contribution >= 0.6 is 0 Å². The van der Waals surface area contributed by atoms with E-state index in [-0.39, 0.29) is 0 Å². The number of fused-ring (bicyclic) bond motifs is 5. The first-order chi connectivity index (χ1) is 19.8. The maximum absolute atomic E-state index is 5.10. The van der Waals surface area contributed by atoms with E-state index < -0.39 is 0 Å². The van der Waals surface area contributed by atoms with E-state index in [1.807, 2.05) is 18.2 Å². The summed E-state index contributed by atoms with van der Waals surface area (Å²) in [6, 6.07) is 48.5. The van der Waals surface area contributed by atoms with Crippen molar-refractivity contribution in [3.8, 4) is 39.3 Å². The van der Waals surface area contributed by atoms with Gasteiger partial charge in [0.1, 0.15) is 11.2 Å². The first-order valence-electron chi connectivity index (χ1n) is 13.4. The van der Waals surface area contributed by atoms with Gasteiger partial charge in [-0.2, -0.15) is 0 Å². The number of para-hydroxylation sites is 2. The lowest BCUT2D eigenvalue weighted by atomic mass is 9.98. The Labute approximate surface area is 231 Å². The van der Waals surface area contributed by atoms with Gasteiger partial charge >= 0.3 is 0 Å². The zero-order chi connectivity index (χ0) is 26.5. The number of pyridine rings is 2. The summed E-state index contributed by atoms with van der Waals surface area (Å²) in [5, 5.41) is 1.14. The molecule has 8 aromatic rings. The van der Waals surface area contributed by atoms with Crippen molar-refractivity contribution in [3.05, 3.63) is 146 Å². The highest BCUT2D eigenvalue weighted by atomic mass is 15.1. The molecule has 4 heterocycles. The van der Waals surface area contributed by atoms with Crippen LogP contribution in [0.5, 0.6) is 0 Å². The third kappa shape index (κ3) is 3.54. The standard InChI is InChI=1S/C36H24N4/c1-3-13-25(14-4-1)30-23-27(24-31(37-30)26-15-5-2-6-16-26)28-17-7-9-19-32(28)40-33-20-10-8-18-29(33)35-36(40)39-22-12-11-21-34(39)38-35/h1-24H. The summed E-state index contributed by atoms with van der Waals surface area (Å²) in [7, 11) is 0. The van der Waals surface area contributed by atoms with Gasteiger partial charge in [0.25, 0.3) is 0 Å². The van der Waals surface area contributed by atoms with Gasteiger partial charge in [0, 0.05) is 28.3 Å². The summed E-state index contributed by atoms with van der Waals surface area (Å²) in [6.45, 7) is 0. The minimum Gasteiger partial charge on any atom is -0.293 e. The van der Waals surface area contributed by atoms with Crippen LogP contribution in [0, 0.1) is 0 Å². The van der Waals surface area contributed by atoms with Crippen LogP contribution in [0.1, 0.15) is 0 Å². The molecule has 4 nitrogen and oxygen atoms in total.